The van der Waals surface area contributed by atoms with E-state index in [4.69, 9.17) is 0 Å². The quantitative estimate of drug-likeness (QED) is 0.357. The molecule has 0 saturated heterocycles. The van der Waals surface area contributed by atoms with Gasteiger partial charge in [-0.25, -0.2) is 13.2 Å². The number of benzene rings is 2. The summed E-state index contributed by atoms with van der Waals surface area (Å²) >= 11 is 0. The lowest BCUT2D eigenvalue weighted by molar-refractivity contribution is -0.275. The largest absolute Gasteiger partial charge is 0.573 e. The standard InChI is InChI=1S/C24H22F6O/c1-2-3-13-4-6-16-18(8-7-17-19(16)11-15(25)12-20(17)26)23(13)14-5-9-22(21(27)10-14)31-24(28,29)30/h2-3,5,9-13,16,18,23H,4,6-8H2,1H3/t13-,16-,18+,23-/m1/s1. The molecule has 0 amide bonds. The zero-order valence-electron chi connectivity index (χ0n) is 16.9. The summed E-state index contributed by atoms with van der Waals surface area (Å²) in [5, 5.41) is 0. The number of ether oxygens (including phenoxy) is 1. The van der Waals surface area contributed by atoms with Crippen LogP contribution in [-0.4, -0.2) is 6.36 Å². The lowest BCUT2D eigenvalue weighted by atomic mass is 9.58. The Morgan fingerprint density at radius 1 is 0.968 bits per heavy atom. The lowest BCUT2D eigenvalue weighted by Crippen LogP contribution is -2.35. The Hall–Kier alpha value is -2.44. The highest BCUT2D eigenvalue weighted by Crippen LogP contribution is 2.54. The van der Waals surface area contributed by atoms with Crippen molar-refractivity contribution in [1.29, 1.82) is 0 Å². The first-order valence-electron chi connectivity index (χ1n) is 10.3. The Bertz CT molecular complexity index is 996. The first-order valence-corrected chi connectivity index (χ1v) is 10.3. The Kier molecular flexibility index (Phi) is 5.79. The van der Waals surface area contributed by atoms with E-state index in [9.17, 15) is 26.3 Å². The van der Waals surface area contributed by atoms with Gasteiger partial charge in [-0.2, -0.15) is 0 Å². The zero-order valence-corrected chi connectivity index (χ0v) is 16.9. The minimum atomic E-state index is -4.98. The van der Waals surface area contributed by atoms with Crippen LogP contribution in [0.15, 0.2) is 42.5 Å². The van der Waals surface area contributed by atoms with E-state index in [2.05, 4.69) is 4.74 Å². The third-order valence-corrected chi connectivity index (χ3v) is 6.58. The maximum atomic E-state index is 14.5. The monoisotopic (exact) mass is 440 g/mol. The lowest BCUT2D eigenvalue weighted by Gasteiger charge is -2.46. The highest BCUT2D eigenvalue weighted by atomic mass is 19.4. The number of hydrogen-bond acceptors (Lipinski definition) is 1. The van der Waals surface area contributed by atoms with Gasteiger partial charge in [0.25, 0.3) is 0 Å². The predicted octanol–water partition coefficient (Wildman–Crippen LogP) is 7.42. The van der Waals surface area contributed by atoms with Crippen LogP contribution in [0.3, 0.4) is 0 Å². The van der Waals surface area contributed by atoms with Crippen molar-refractivity contribution in [2.75, 3.05) is 0 Å². The summed E-state index contributed by atoms with van der Waals surface area (Å²) in [5.41, 5.74) is 1.77. The molecule has 0 radical (unpaired) electrons. The minimum absolute atomic E-state index is 0.00238. The van der Waals surface area contributed by atoms with Crippen LogP contribution in [0.25, 0.3) is 0 Å². The van der Waals surface area contributed by atoms with Crippen LogP contribution in [0.1, 0.15) is 54.7 Å². The van der Waals surface area contributed by atoms with Crippen molar-refractivity contribution in [3.8, 4) is 5.75 Å². The first-order chi connectivity index (χ1) is 14.7. The number of allylic oxidation sites excluding steroid dienone is 2. The second-order valence-electron chi connectivity index (χ2n) is 8.29. The van der Waals surface area contributed by atoms with Crippen molar-refractivity contribution >= 4 is 0 Å². The number of halogens is 6. The van der Waals surface area contributed by atoms with Crippen molar-refractivity contribution in [2.24, 2.45) is 11.8 Å². The summed E-state index contributed by atoms with van der Waals surface area (Å²) in [6, 6.07) is 5.87. The first kappa shape index (κ1) is 21.8. The maximum absolute atomic E-state index is 14.5. The van der Waals surface area contributed by atoms with Gasteiger partial charge in [-0.05, 0) is 91.2 Å². The summed E-state index contributed by atoms with van der Waals surface area (Å²) in [6.45, 7) is 1.88. The van der Waals surface area contributed by atoms with Crippen molar-refractivity contribution in [2.45, 2.75) is 50.8 Å². The second-order valence-corrected chi connectivity index (χ2v) is 8.29. The predicted molar refractivity (Wildman–Crippen MR) is 104 cm³/mol. The Labute approximate surface area is 176 Å². The van der Waals surface area contributed by atoms with E-state index in [0.29, 0.717) is 29.5 Å². The molecule has 4 rings (SSSR count). The third-order valence-electron chi connectivity index (χ3n) is 6.58. The third kappa shape index (κ3) is 4.32. The van der Waals surface area contributed by atoms with Gasteiger partial charge in [0, 0.05) is 6.07 Å². The van der Waals surface area contributed by atoms with Crippen LogP contribution in [0.2, 0.25) is 0 Å². The molecule has 2 aromatic carbocycles. The van der Waals surface area contributed by atoms with Gasteiger partial charge < -0.3 is 4.74 Å². The van der Waals surface area contributed by atoms with Gasteiger partial charge in [0.15, 0.2) is 11.6 Å². The van der Waals surface area contributed by atoms with E-state index in [1.54, 1.807) is 0 Å². The SMILES string of the molecule is CC=C[C@@H]1CC[C@H]2c3cc(F)cc(F)c3CC[C@@H]2[C@H]1c1ccc(OC(F)(F)F)c(F)c1. The fourth-order valence-corrected chi connectivity index (χ4v) is 5.52. The number of fused-ring (bicyclic) bond motifs is 3. The molecule has 166 valence electrons. The van der Waals surface area contributed by atoms with Crippen LogP contribution < -0.4 is 4.74 Å². The second kappa shape index (κ2) is 8.24. The summed E-state index contributed by atoms with van der Waals surface area (Å²) in [7, 11) is 0. The molecular weight excluding hydrogens is 418 g/mol. The number of rotatable bonds is 3. The minimum Gasteiger partial charge on any atom is -0.403 e. The maximum Gasteiger partial charge on any atom is 0.573 e. The smallest absolute Gasteiger partial charge is 0.403 e. The topological polar surface area (TPSA) is 9.23 Å². The van der Waals surface area contributed by atoms with Crippen molar-refractivity contribution in [3.05, 3.63) is 76.6 Å². The molecule has 4 atom stereocenters. The molecule has 2 aromatic rings. The summed E-state index contributed by atoms with van der Waals surface area (Å²) in [6.07, 6.45) is 1.51. The molecule has 0 heterocycles. The Balaban J connectivity index is 1.73. The Morgan fingerprint density at radius 2 is 1.74 bits per heavy atom. The van der Waals surface area contributed by atoms with Gasteiger partial charge in [-0.15, -0.1) is 13.2 Å². The van der Waals surface area contributed by atoms with E-state index in [0.717, 1.165) is 31.0 Å². The average molecular weight is 440 g/mol. The van der Waals surface area contributed by atoms with Crippen molar-refractivity contribution in [3.63, 3.8) is 0 Å². The van der Waals surface area contributed by atoms with Crippen molar-refractivity contribution < 1.29 is 31.1 Å². The van der Waals surface area contributed by atoms with E-state index in [-0.39, 0.29) is 23.7 Å². The highest BCUT2D eigenvalue weighted by molar-refractivity contribution is 5.39. The number of alkyl halides is 3. The Morgan fingerprint density at radius 3 is 2.42 bits per heavy atom. The van der Waals surface area contributed by atoms with Crippen molar-refractivity contribution in [1.82, 2.24) is 0 Å². The molecule has 0 aromatic heterocycles. The van der Waals surface area contributed by atoms with Crippen LogP contribution in [-0.2, 0) is 6.42 Å². The molecule has 1 nitrogen and oxygen atoms in total. The molecule has 7 heteroatoms. The molecule has 0 N–H and O–H groups in total. The number of hydrogen-bond donors (Lipinski definition) is 0. The van der Waals surface area contributed by atoms with Crippen LogP contribution in [0.5, 0.6) is 5.75 Å². The molecule has 2 aliphatic rings. The molecule has 0 aliphatic heterocycles. The van der Waals surface area contributed by atoms with Gasteiger partial charge in [-0.3, -0.25) is 0 Å². The molecule has 2 aliphatic carbocycles. The van der Waals surface area contributed by atoms with E-state index >= 15 is 0 Å². The van der Waals surface area contributed by atoms with Gasteiger partial charge >= 0.3 is 6.36 Å². The van der Waals surface area contributed by atoms with Gasteiger partial charge in [0.05, 0.1) is 0 Å². The van der Waals surface area contributed by atoms with E-state index in [1.807, 2.05) is 19.1 Å². The van der Waals surface area contributed by atoms with Gasteiger partial charge in [-0.1, -0.05) is 18.2 Å². The zero-order chi connectivity index (χ0) is 22.3. The van der Waals surface area contributed by atoms with E-state index < -0.39 is 29.6 Å². The van der Waals surface area contributed by atoms with Crippen LogP contribution >= 0.6 is 0 Å². The summed E-state index contributed by atoms with van der Waals surface area (Å²) in [4.78, 5) is 0. The highest BCUT2D eigenvalue weighted by Gasteiger charge is 2.43. The molecule has 0 spiro atoms. The van der Waals surface area contributed by atoms with Crippen LogP contribution in [0, 0.1) is 29.3 Å². The molecule has 31 heavy (non-hydrogen) atoms. The fourth-order valence-electron chi connectivity index (χ4n) is 5.52. The molecule has 1 saturated carbocycles. The summed E-state index contributed by atoms with van der Waals surface area (Å²) < 4.78 is 84.0. The fraction of sp³-hybridized carbons (Fsp3) is 0.417. The summed E-state index contributed by atoms with van der Waals surface area (Å²) in [5.74, 6) is -3.33. The molecule has 0 bridgehead atoms. The molecular formula is C24H22F6O. The molecule has 1 fully saturated rings. The van der Waals surface area contributed by atoms with E-state index in [1.165, 1.54) is 12.1 Å². The normalized spacial score (nSPS) is 25.9. The van der Waals surface area contributed by atoms with Crippen LogP contribution in [0.4, 0.5) is 26.3 Å². The average Bonchev–Trinajstić information content (AvgIpc) is 2.68. The molecule has 0 unspecified atom stereocenters. The van der Waals surface area contributed by atoms with Gasteiger partial charge in [0.2, 0.25) is 0 Å². The van der Waals surface area contributed by atoms with Gasteiger partial charge in [0.1, 0.15) is 11.6 Å².